The van der Waals surface area contributed by atoms with E-state index in [0.717, 1.165) is 16.6 Å². The van der Waals surface area contributed by atoms with Crippen molar-refractivity contribution in [1.82, 2.24) is 4.98 Å². The first-order valence-electron chi connectivity index (χ1n) is 5.85. The van der Waals surface area contributed by atoms with Gasteiger partial charge in [0.05, 0.1) is 20.6 Å². The van der Waals surface area contributed by atoms with Crippen LogP contribution in [0.2, 0.25) is 0 Å². The van der Waals surface area contributed by atoms with Crippen LogP contribution >= 0.6 is 0 Å². The largest absolute Gasteiger partial charge is 0.497 e. The van der Waals surface area contributed by atoms with Crippen LogP contribution in [0.25, 0.3) is 10.9 Å². The Morgan fingerprint density at radius 1 is 1.26 bits per heavy atom. The Bertz CT molecular complexity index is 638. The molecule has 100 valence electrons. The number of nitrogens with zero attached hydrogens (tertiary/aromatic N) is 1. The first-order chi connectivity index (χ1) is 9.05. The zero-order valence-electron chi connectivity index (χ0n) is 11.2. The maximum Gasteiger partial charge on any atom is 0.221 e. The molecule has 1 aromatic heterocycles. The summed E-state index contributed by atoms with van der Waals surface area (Å²) in [6.07, 6.45) is 0.163. The molecule has 0 aliphatic heterocycles. The van der Waals surface area contributed by atoms with E-state index in [1.807, 2.05) is 19.1 Å². The highest BCUT2D eigenvalue weighted by Crippen LogP contribution is 2.32. The van der Waals surface area contributed by atoms with E-state index in [9.17, 15) is 4.79 Å². The molecule has 0 aliphatic rings. The third-order valence-electron chi connectivity index (χ3n) is 2.89. The van der Waals surface area contributed by atoms with Crippen molar-refractivity contribution in [2.24, 2.45) is 5.73 Å². The molecule has 0 bridgehead atoms. The fourth-order valence-electron chi connectivity index (χ4n) is 2.09. The third kappa shape index (κ3) is 2.59. The van der Waals surface area contributed by atoms with Gasteiger partial charge in [0.25, 0.3) is 0 Å². The number of carbonyl (C=O) groups is 1. The minimum absolute atomic E-state index is 0.163. The molecule has 19 heavy (non-hydrogen) atoms. The Balaban J connectivity index is 2.77. The standard InChI is InChI=1S/C14H16N2O3/c1-8-4-9(5-13(15)17)11-6-10(18-2)7-12(19-3)14(11)16-8/h4,6-7H,5H2,1-3H3,(H2,15,17). The van der Waals surface area contributed by atoms with Gasteiger partial charge in [0.1, 0.15) is 17.0 Å². The maximum atomic E-state index is 11.2. The van der Waals surface area contributed by atoms with Crippen LogP contribution in [0.4, 0.5) is 0 Å². The van der Waals surface area contributed by atoms with Crippen LogP contribution in [0.1, 0.15) is 11.3 Å². The van der Waals surface area contributed by atoms with Gasteiger partial charge in [0.15, 0.2) is 0 Å². The quantitative estimate of drug-likeness (QED) is 0.905. The number of ether oxygens (including phenoxy) is 2. The predicted molar refractivity (Wildman–Crippen MR) is 72.5 cm³/mol. The zero-order chi connectivity index (χ0) is 14.0. The van der Waals surface area contributed by atoms with Crippen LogP contribution in [0.15, 0.2) is 18.2 Å². The number of fused-ring (bicyclic) bond motifs is 1. The molecule has 0 saturated carbocycles. The molecule has 0 spiro atoms. The van der Waals surface area contributed by atoms with Crippen molar-refractivity contribution in [3.05, 3.63) is 29.5 Å². The second kappa shape index (κ2) is 5.14. The maximum absolute atomic E-state index is 11.2. The lowest BCUT2D eigenvalue weighted by Gasteiger charge is -2.12. The molecule has 2 rings (SSSR count). The fraction of sp³-hybridized carbons (Fsp3) is 0.286. The molecule has 0 atom stereocenters. The number of carbonyl (C=O) groups excluding carboxylic acids is 1. The number of amides is 1. The predicted octanol–water partition coefficient (Wildman–Crippen LogP) is 1.59. The summed E-state index contributed by atoms with van der Waals surface area (Å²) in [6, 6.07) is 5.46. The summed E-state index contributed by atoms with van der Waals surface area (Å²) in [6.45, 7) is 1.87. The van der Waals surface area contributed by atoms with Gasteiger partial charge in [-0.15, -0.1) is 0 Å². The van der Waals surface area contributed by atoms with Gasteiger partial charge in [-0.05, 0) is 24.6 Å². The Morgan fingerprint density at radius 3 is 2.58 bits per heavy atom. The Kier molecular flexibility index (Phi) is 3.55. The fourth-order valence-corrected chi connectivity index (χ4v) is 2.09. The van der Waals surface area contributed by atoms with Crippen molar-refractivity contribution in [3.63, 3.8) is 0 Å². The number of rotatable bonds is 4. The summed E-state index contributed by atoms with van der Waals surface area (Å²) in [5.74, 6) is 0.887. The van der Waals surface area contributed by atoms with Gasteiger partial charge in [0, 0.05) is 17.1 Å². The molecule has 0 unspecified atom stereocenters. The molecule has 0 radical (unpaired) electrons. The van der Waals surface area contributed by atoms with Gasteiger partial charge in [-0.25, -0.2) is 4.98 Å². The summed E-state index contributed by atoms with van der Waals surface area (Å²) < 4.78 is 10.6. The van der Waals surface area contributed by atoms with E-state index in [1.54, 1.807) is 20.3 Å². The van der Waals surface area contributed by atoms with Gasteiger partial charge < -0.3 is 15.2 Å². The van der Waals surface area contributed by atoms with Crippen molar-refractivity contribution >= 4 is 16.8 Å². The van der Waals surface area contributed by atoms with E-state index in [4.69, 9.17) is 15.2 Å². The molecule has 0 saturated heterocycles. The van der Waals surface area contributed by atoms with E-state index >= 15 is 0 Å². The second-order valence-corrected chi connectivity index (χ2v) is 4.29. The van der Waals surface area contributed by atoms with Crippen molar-refractivity contribution in [1.29, 1.82) is 0 Å². The summed E-state index contributed by atoms with van der Waals surface area (Å²) in [5.41, 5.74) is 7.63. The third-order valence-corrected chi connectivity index (χ3v) is 2.89. The molecule has 0 aliphatic carbocycles. The van der Waals surface area contributed by atoms with Crippen LogP contribution in [-0.2, 0) is 11.2 Å². The van der Waals surface area contributed by atoms with Crippen LogP contribution in [0.3, 0.4) is 0 Å². The van der Waals surface area contributed by atoms with E-state index < -0.39 is 0 Å². The lowest BCUT2D eigenvalue weighted by atomic mass is 10.0. The molecule has 0 fully saturated rings. The van der Waals surface area contributed by atoms with Gasteiger partial charge >= 0.3 is 0 Å². The average molecular weight is 260 g/mol. The van der Waals surface area contributed by atoms with Crippen molar-refractivity contribution in [2.75, 3.05) is 14.2 Å². The topological polar surface area (TPSA) is 74.4 Å². The zero-order valence-corrected chi connectivity index (χ0v) is 11.2. The van der Waals surface area contributed by atoms with Crippen molar-refractivity contribution in [3.8, 4) is 11.5 Å². The lowest BCUT2D eigenvalue weighted by molar-refractivity contribution is -0.117. The highest BCUT2D eigenvalue weighted by atomic mass is 16.5. The molecule has 1 amide bonds. The van der Waals surface area contributed by atoms with Crippen LogP contribution < -0.4 is 15.2 Å². The molecule has 1 aromatic carbocycles. The monoisotopic (exact) mass is 260 g/mol. The number of pyridine rings is 1. The van der Waals surface area contributed by atoms with Gasteiger partial charge in [-0.3, -0.25) is 4.79 Å². The van der Waals surface area contributed by atoms with E-state index in [1.165, 1.54) is 0 Å². The summed E-state index contributed by atoms with van der Waals surface area (Å²) in [5, 5.41) is 0.820. The van der Waals surface area contributed by atoms with E-state index in [2.05, 4.69) is 4.98 Å². The number of aromatic nitrogens is 1. The molecular formula is C14H16N2O3. The van der Waals surface area contributed by atoms with Gasteiger partial charge in [-0.1, -0.05) is 0 Å². The van der Waals surface area contributed by atoms with Crippen molar-refractivity contribution < 1.29 is 14.3 Å². The van der Waals surface area contributed by atoms with Crippen LogP contribution in [0, 0.1) is 6.92 Å². The number of hydrogen-bond donors (Lipinski definition) is 1. The number of hydrogen-bond acceptors (Lipinski definition) is 4. The lowest BCUT2D eigenvalue weighted by Crippen LogP contribution is -2.14. The molecule has 1 heterocycles. The molecule has 5 nitrogen and oxygen atoms in total. The van der Waals surface area contributed by atoms with Gasteiger partial charge in [-0.2, -0.15) is 0 Å². The second-order valence-electron chi connectivity index (χ2n) is 4.29. The first kappa shape index (κ1) is 13.1. The number of methoxy groups -OCH3 is 2. The SMILES string of the molecule is COc1cc(OC)c2nc(C)cc(CC(N)=O)c2c1. The minimum atomic E-state index is -0.381. The van der Waals surface area contributed by atoms with Crippen LogP contribution in [-0.4, -0.2) is 25.1 Å². The Morgan fingerprint density at radius 2 is 2.00 bits per heavy atom. The highest BCUT2D eigenvalue weighted by Gasteiger charge is 2.12. The molecule has 2 aromatic rings. The smallest absolute Gasteiger partial charge is 0.221 e. The Labute approximate surface area is 111 Å². The minimum Gasteiger partial charge on any atom is -0.497 e. The summed E-state index contributed by atoms with van der Waals surface area (Å²) in [4.78, 5) is 15.6. The highest BCUT2D eigenvalue weighted by molar-refractivity contribution is 5.92. The van der Waals surface area contributed by atoms with E-state index in [0.29, 0.717) is 17.0 Å². The number of benzene rings is 1. The summed E-state index contributed by atoms with van der Waals surface area (Å²) in [7, 11) is 3.15. The number of primary amides is 1. The van der Waals surface area contributed by atoms with Gasteiger partial charge in [0.2, 0.25) is 5.91 Å². The van der Waals surface area contributed by atoms with E-state index in [-0.39, 0.29) is 12.3 Å². The first-order valence-corrected chi connectivity index (χ1v) is 5.85. The Hall–Kier alpha value is -2.30. The summed E-state index contributed by atoms with van der Waals surface area (Å²) >= 11 is 0. The molecule has 2 N–H and O–H groups in total. The molecule has 5 heteroatoms. The van der Waals surface area contributed by atoms with Crippen LogP contribution in [0.5, 0.6) is 11.5 Å². The molecular weight excluding hydrogens is 244 g/mol. The average Bonchev–Trinajstić information content (AvgIpc) is 2.37. The van der Waals surface area contributed by atoms with Crippen molar-refractivity contribution in [2.45, 2.75) is 13.3 Å². The normalized spacial score (nSPS) is 10.5. The number of aryl methyl sites for hydroxylation is 1. The number of nitrogens with two attached hydrogens (primary N) is 1.